The van der Waals surface area contributed by atoms with Gasteiger partial charge in [-0.2, -0.15) is 0 Å². The van der Waals surface area contributed by atoms with E-state index in [0.29, 0.717) is 0 Å². The minimum absolute atomic E-state index is 0.125. The van der Waals surface area contributed by atoms with Crippen LogP contribution in [0.4, 0.5) is 0 Å². The first-order chi connectivity index (χ1) is 6.82. The number of fused-ring (bicyclic) bond motifs is 2. The number of ether oxygens (including phenoxy) is 1. The lowest BCUT2D eigenvalue weighted by atomic mass is 9.73. The first-order valence-electron chi connectivity index (χ1n) is 5.55. The van der Waals surface area contributed by atoms with Crippen LogP contribution in [0.1, 0.15) is 36.0 Å². The maximum absolute atomic E-state index is 5.84. The molecule has 0 bridgehead atoms. The summed E-state index contributed by atoms with van der Waals surface area (Å²) in [5, 5.41) is 0. The third kappa shape index (κ3) is 0.992. The molecule has 1 unspecified atom stereocenters. The molecule has 1 heterocycles. The number of hydrogen-bond acceptors (Lipinski definition) is 1. The van der Waals surface area contributed by atoms with Crippen LogP contribution in [-0.2, 0) is 16.8 Å². The highest BCUT2D eigenvalue weighted by Crippen LogP contribution is 2.46. The lowest BCUT2D eigenvalue weighted by molar-refractivity contribution is -0.163. The van der Waals surface area contributed by atoms with Crippen LogP contribution in [0.2, 0.25) is 0 Å². The maximum atomic E-state index is 5.84. The van der Waals surface area contributed by atoms with Crippen molar-refractivity contribution in [1.29, 1.82) is 0 Å². The van der Waals surface area contributed by atoms with Gasteiger partial charge in [-0.3, -0.25) is 0 Å². The van der Waals surface area contributed by atoms with Gasteiger partial charge in [0.15, 0.2) is 0 Å². The Morgan fingerprint density at radius 2 is 2.14 bits per heavy atom. The molecular formula is C13H16O. The average molecular weight is 188 g/mol. The summed E-state index contributed by atoms with van der Waals surface area (Å²) < 4.78 is 5.84. The molecule has 1 spiro atoms. The van der Waals surface area contributed by atoms with Crippen molar-refractivity contribution in [3.05, 3.63) is 34.9 Å². The second-order valence-corrected chi connectivity index (χ2v) is 4.55. The van der Waals surface area contributed by atoms with Crippen molar-refractivity contribution in [2.75, 3.05) is 6.61 Å². The van der Waals surface area contributed by atoms with Gasteiger partial charge in [-0.1, -0.05) is 18.2 Å². The molecule has 1 atom stereocenters. The van der Waals surface area contributed by atoms with E-state index in [1.54, 1.807) is 5.56 Å². The van der Waals surface area contributed by atoms with E-state index in [1.807, 2.05) is 0 Å². The quantitative estimate of drug-likeness (QED) is 0.608. The van der Waals surface area contributed by atoms with Crippen LogP contribution in [0, 0.1) is 6.92 Å². The third-order valence-electron chi connectivity index (χ3n) is 3.79. The number of hydrogen-bond donors (Lipinski definition) is 0. The van der Waals surface area contributed by atoms with Crippen LogP contribution in [0.25, 0.3) is 0 Å². The fourth-order valence-corrected chi connectivity index (χ4v) is 2.90. The Balaban J connectivity index is 2.15. The minimum atomic E-state index is 0.125. The Morgan fingerprint density at radius 1 is 1.29 bits per heavy atom. The number of rotatable bonds is 0. The monoisotopic (exact) mass is 188 g/mol. The third-order valence-corrected chi connectivity index (χ3v) is 3.79. The van der Waals surface area contributed by atoms with Crippen molar-refractivity contribution in [3.63, 3.8) is 0 Å². The molecule has 2 aliphatic rings. The van der Waals surface area contributed by atoms with Crippen molar-refractivity contribution in [3.8, 4) is 0 Å². The van der Waals surface area contributed by atoms with E-state index in [9.17, 15) is 0 Å². The largest absolute Gasteiger partial charge is 0.370 e. The summed E-state index contributed by atoms with van der Waals surface area (Å²) in [6.45, 7) is 3.17. The molecule has 1 aromatic carbocycles. The second kappa shape index (κ2) is 2.83. The van der Waals surface area contributed by atoms with Crippen LogP contribution in [0.5, 0.6) is 0 Å². The zero-order valence-corrected chi connectivity index (χ0v) is 8.68. The smallest absolute Gasteiger partial charge is 0.0956 e. The Labute approximate surface area is 85.1 Å². The van der Waals surface area contributed by atoms with Gasteiger partial charge in [0.1, 0.15) is 0 Å². The lowest BCUT2D eigenvalue weighted by Crippen LogP contribution is -2.43. The highest BCUT2D eigenvalue weighted by Gasteiger charge is 2.43. The van der Waals surface area contributed by atoms with E-state index in [4.69, 9.17) is 4.74 Å². The van der Waals surface area contributed by atoms with Crippen molar-refractivity contribution in [2.24, 2.45) is 0 Å². The summed E-state index contributed by atoms with van der Waals surface area (Å²) in [5.74, 6) is 0. The molecule has 0 radical (unpaired) electrons. The molecule has 0 saturated carbocycles. The maximum Gasteiger partial charge on any atom is 0.0956 e. The standard InChI is InChI=1S/C13H16O/c1-10-4-2-6-12-11(10)5-3-7-13(12)8-9-14-13/h2,4,6H,3,5,7-9H2,1H3. The van der Waals surface area contributed by atoms with Crippen LogP contribution in [-0.4, -0.2) is 6.61 Å². The summed E-state index contributed by atoms with van der Waals surface area (Å²) in [6.07, 6.45) is 4.98. The molecule has 14 heavy (non-hydrogen) atoms. The van der Waals surface area contributed by atoms with E-state index >= 15 is 0 Å². The summed E-state index contributed by atoms with van der Waals surface area (Å²) >= 11 is 0. The molecule has 1 saturated heterocycles. The van der Waals surface area contributed by atoms with Crippen molar-refractivity contribution in [1.82, 2.24) is 0 Å². The normalized spacial score (nSPS) is 29.8. The first kappa shape index (κ1) is 8.49. The van der Waals surface area contributed by atoms with Gasteiger partial charge < -0.3 is 4.74 Å². The highest BCUT2D eigenvalue weighted by atomic mass is 16.5. The number of aryl methyl sites for hydroxylation is 1. The minimum Gasteiger partial charge on any atom is -0.370 e. The van der Waals surface area contributed by atoms with Gasteiger partial charge in [0, 0.05) is 6.42 Å². The van der Waals surface area contributed by atoms with Crippen molar-refractivity contribution in [2.45, 2.75) is 38.2 Å². The molecule has 1 aromatic rings. The van der Waals surface area contributed by atoms with E-state index in [-0.39, 0.29) is 5.60 Å². The Bertz CT molecular complexity index is 363. The van der Waals surface area contributed by atoms with Gasteiger partial charge in [0.2, 0.25) is 0 Å². The summed E-state index contributed by atoms with van der Waals surface area (Å²) in [7, 11) is 0. The van der Waals surface area contributed by atoms with Gasteiger partial charge >= 0.3 is 0 Å². The first-order valence-corrected chi connectivity index (χ1v) is 5.55. The highest BCUT2D eigenvalue weighted by molar-refractivity contribution is 5.41. The van der Waals surface area contributed by atoms with Crippen LogP contribution in [0.3, 0.4) is 0 Å². The summed E-state index contributed by atoms with van der Waals surface area (Å²) in [5.41, 5.74) is 4.60. The molecule has 1 nitrogen and oxygen atoms in total. The predicted molar refractivity (Wildman–Crippen MR) is 56.4 cm³/mol. The van der Waals surface area contributed by atoms with Gasteiger partial charge in [-0.25, -0.2) is 0 Å². The van der Waals surface area contributed by atoms with Crippen molar-refractivity contribution >= 4 is 0 Å². The molecule has 0 aromatic heterocycles. The molecule has 1 aliphatic heterocycles. The Kier molecular flexibility index (Phi) is 1.72. The second-order valence-electron chi connectivity index (χ2n) is 4.55. The number of benzene rings is 1. The van der Waals surface area contributed by atoms with Crippen LogP contribution < -0.4 is 0 Å². The Morgan fingerprint density at radius 3 is 2.86 bits per heavy atom. The van der Waals surface area contributed by atoms with E-state index in [0.717, 1.165) is 6.61 Å². The van der Waals surface area contributed by atoms with Crippen LogP contribution in [0.15, 0.2) is 18.2 Å². The summed E-state index contributed by atoms with van der Waals surface area (Å²) in [4.78, 5) is 0. The predicted octanol–water partition coefficient (Wildman–Crippen LogP) is 2.95. The van der Waals surface area contributed by atoms with Gasteiger partial charge in [0.05, 0.1) is 12.2 Å². The van der Waals surface area contributed by atoms with Crippen molar-refractivity contribution < 1.29 is 4.74 Å². The lowest BCUT2D eigenvalue weighted by Gasteiger charge is -2.46. The average Bonchev–Trinajstić information content (AvgIpc) is 2.15. The molecular weight excluding hydrogens is 172 g/mol. The molecule has 1 aliphatic carbocycles. The fraction of sp³-hybridized carbons (Fsp3) is 0.538. The van der Waals surface area contributed by atoms with Crippen LogP contribution >= 0.6 is 0 Å². The summed E-state index contributed by atoms with van der Waals surface area (Å²) in [6, 6.07) is 6.65. The van der Waals surface area contributed by atoms with E-state index < -0.39 is 0 Å². The van der Waals surface area contributed by atoms with Gasteiger partial charge in [0.25, 0.3) is 0 Å². The van der Waals surface area contributed by atoms with E-state index in [2.05, 4.69) is 25.1 Å². The van der Waals surface area contributed by atoms with Gasteiger partial charge in [-0.05, 0) is 42.9 Å². The molecule has 3 rings (SSSR count). The van der Waals surface area contributed by atoms with E-state index in [1.165, 1.54) is 36.8 Å². The molecule has 0 N–H and O–H groups in total. The SMILES string of the molecule is Cc1cccc2c1CCCC21CCO1. The zero-order valence-electron chi connectivity index (χ0n) is 8.68. The molecule has 1 fully saturated rings. The fourth-order valence-electron chi connectivity index (χ4n) is 2.90. The topological polar surface area (TPSA) is 9.23 Å². The van der Waals surface area contributed by atoms with Gasteiger partial charge in [-0.15, -0.1) is 0 Å². The molecule has 1 heteroatoms. The zero-order chi connectivity index (χ0) is 9.60. The molecule has 74 valence electrons. The molecule has 0 amide bonds. The Hall–Kier alpha value is -0.820.